The normalized spacial score (nSPS) is 10.3. The van der Waals surface area contributed by atoms with Crippen molar-refractivity contribution in [2.45, 2.75) is 18.4 Å². The van der Waals surface area contributed by atoms with Crippen molar-refractivity contribution in [1.29, 1.82) is 0 Å². The molecule has 0 unspecified atom stereocenters. The lowest BCUT2D eigenvalue weighted by atomic mass is 10.1. The molecule has 1 aromatic rings. The summed E-state index contributed by atoms with van der Waals surface area (Å²) in [6, 6.07) is 2.01. The standard InChI is InChI=1S/C12H18O3S/c1-8-10(14-3)6-9(7-13-2)12(16-5)11(8)15-4/h6H,7H2,1-5H3. The van der Waals surface area contributed by atoms with Gasteiger partial charge in [0.1, 0.15) is 11.5 Å². The van der Waals surface area contributed by atoms with E-state index in [1.54, 1.807) is 33.1 Å². The summed E-state index contributed by atoms with van der Waals surface area (Å²) in [6.45, 7) is 2.55. The molecule has 0 saturated heterocycles. The maximum atomic E-state index is 5.44. The summed E-state index contributed by atoms with van der Waals surface area (Å²) in [4.78, 5) is 1.11. The van der Waals surface area contributed by atoms with Crippen LogP contribution in [0.4, 0.5) is 0 Å². The Labute approximate surface area is 101 Å². The maximum absolute atomic E-state index is 5.44. The molecule has 1 aromatic carbocycles. The number of thioether (sulfide) groups is 1. The number of methoxy groups -OCH3 is 3. The fraction of sp³-hybridized carbons (Fsp3) is 0.500. The highest BCUT2D eigenvalue weighted by Crippen LogP contribution is 2.39. The number of hydrogen-bond donors (Lipinski definition) is 0. The third-order valence-electron chi connectivity index (χ3n) is 2.44. The van der Waals surface area contributed by atoms with Crippen molar-refractivity contribution in [3.63, 3.8) is 0 Å². The number of ether oxygens (including phenoxy) is 3. The molecule has 0 aliphatic carbocycles. The maximum Gasteiger partial charge on any atom is 0.139 e. The van der Waals surface area contributed by atoms with Gasteiger partial charge in [0.05, 0.1) is 25.7 Å². The van der Waals surface area contributed by atoms with Crippen molar-refractivity contribution in [2.75, 3.05) is 27.6 Å². The molecule has 0 aliphatic rings. The summed E-state index contributed by atoms with van der Waals surface area (Å²) in [5.74, 6) is 1.71. The van der Waals surface area contributed by atoms with Gasteiger partial charge in [-0.1, -0.05) is 0 Å². The van der Waals surface area contributed by atoms with Gasteiger partial charge < -0.3 is 14.2 Å². The first-order valence-electron chi connectivity index (χ1n) is 4.96. The molecule has 0 bridgehead atoms. The average molecular weight is 242 g/mol. The summed E-state index contributed by atoms with van der Waals surface area (Å²) >= 11 is 1.66. The molecular weight excluding hydrogens is 224 g/mol. The minimum absolute atomic E-state index is 0.559. The molecule has 3 nitrogen and oxygen atoms in total. The Bertz CT molecular complexity index is 364. The van der Waals surface area contributed by atoms with E-state index < -0.39 is 0 Å². The highest BCUT2D eigenvalue weighted by molar-refractivity contribution is 7.98. The second-order valence-electron chi connectivity index (χ2n) is 3.36. The summed E-state index contributed by atoms with van der Waals surface area (Å²) in [5.41, 5.74) is 2.11. The van der Waals surface area contributed by atoms with Crippen LogP contribution in [0, 0.1) is 6.92 Å². The van der Waals surface area contributed by atoms with Crippen molar-refractivity contribution in [3.05, 3.63) is 17.2 Å². The first-order valence-corrected chi connectivity index (χ1v) is 6.19. The van der Waals surface area contributed by atoms with Gasteiger partial charge in [-0.2, -0.15) is 0 Å². The zero-order valence-corrected chi connectivity index (χ0v) is 11.2. The molecule has 0 amide bonds. The van der Waals surface area contributed by atoms with Gasteiger partial charge >= 0.3 is 0 Å². The van der Waals surface area contributed by atoms with Crippen LogP contribution in [0.5, 0.6) is 11.5 Å². The average Bonchev–Trinajstić information content (AvgIpc) is 2.30. The van der Waals surface area contributed by atoms with Gasteiger partial charge in [0.2, 0.25) is 0 Å². The summed E-state index contributed by atoms with van der Waals surface area (Å²) < 4.78 is 16.0. The van der Waals surface area contributed by atoms with Gasteiger partial charge in [-0.3, -0.25) is 0 Å². The van der Waals surface area contributed by atoms with Crippen LogP contribution in [0.1, 0.15) is 11.1 Å². The zero-order chi connectivity index (χ0) is 12.1. The van der Waals surface area contributed by atoms with Gasteiger partial charge in [-0.25, -0.2) is 0 Å². The molecule has 0 heterocycles. The summed E-state index contributed by atoms with van der Waals surface area (Å²) in [6.07, 6.45) is 2.03. The van der Waals surface area contributed by atoms with E-state index >= 15 is 0 Å². The molecule has 4 heteroatoms. The van der Waals surface area contributed by atoms with Gasteiger partial charge in [0.15, 0.2) is 0 Å². The molecule has 0 N–H and O–H groups in total. The van der Waals surface area contributed by atoms with Crippen molar-refractivity contribution in [1.82, 2.24) is 0 Å². The highest BCUT2D eigenvalue weighted by Gasteiger charge is 2.15. The predicted octanol–water partition coefficient (Wildman–Crippen LogP) is 2.88. The van der Waals surface area contributed by atoms with Crippen LogP contribution in [-0.4, -0.2) is 27.6 Å². The lowest BCUT2D eigenvalue weighted by Crippen LogP contribution is -2.00. The zero-order valence-electron chi connectivity index (χ0n) is 10.4. The highest BCUT2D eigenvalue weighted by atomic mass is 32.2. The van der Waals surface area contributed by atoms with Gasteiger partial charge in [-0.05, 0) is 24.8 Å². The third kappa shape index (κ3) is 2.44. The van der Waals surface area contributed by atoms with E-state index in [4.69, 9.17) is 14.2 Å². The molecule has 0 radical (unpaired) electrons. The minimum atomic E-state index is 0.559. The van der Waals surface area contributed by atoms with Crippen LogP contribution in [0.2, 0.25) is 0 Å². The third-order valence-corrected chi connectivity index (χ3v) is 3.30. The van der Waals surface area contributed by atoms with Crippen LogP contribution in [0.15, 0.2) is 11.0 Å². The number of rotatable bonds is 5. The molecule has 0 atom stereocenters. The largest absolute Gasteiger partial charge is 0.496 e. The quantitative estimate of drug-likeness (QED) is 0.742. The smallest absolute Gasteiger partial charge is 0.139 e. The monoisotopic (exact) mass is 242 g/mol. The lowest BCUT2D eigenvalue weighted by molar-refractivity contribution is 0.182. The van der Waals surface area contributed by atoms with E-state index in [2.05, 4.69) is 0 Å². The molecule has 0 fully saturated rings. The second kappa shape index (κ2) is 6.01. The van der Waals surface area contributed by atoms with Crippen molar-refractivity contribution in [2.24, 2.45) is 0 Å². The van der Waals surface area contributed by atoms with E-state index in [-0.39, 0.29) is 0 Å². The van der Waals surface area contributed by atoms with Crippen LogP contribution < -0.4 is 9.47 Å². The summed E-state index contributed by atoms with van der Waals surface area (Å²) in [7, 11) is 5.03. The Morgan fingerprint density at radius 1 is 1.19 bits per heavy atom. The molecule has 90 valence electrons. The summed E-state index contributed by atoms with van der Waals surface area (Å²) in [5, 5.41) is 0. The molecular formula is C12H18O3S. The van der Waals surface area contributed by atoms with E-state index in [1.807, 2.05) is 19.2 Å². The SMILES string of the molecule is COCc1cc(OC)c(C)c(OC)c1SC. The number of benzene rings is 1. The molecule has 0 aliphatic heterocycles. The molecule has 0 aromatic heterocycles. The van der Waals surface area contributed by atoms with Gasteiger partial charge in [0, 0.05) is 12.7 Å². The fourth-order valence-electron chi connectivity index (χ4n) is 1.70. The second-order valence-corrected chi connectivity index (χ2v) is 4.18. The topological polar surface area (TPSA) is 27.7 Å². The van der Waals surface area contributed by atoms with Crippen LogP contribution in [-0.2, 0) is 11.3 Å². The van der Waals surface area contributed by atoms with Crippen molar-refractivity contribution >= 4 is 11.8 Å². The van der Waals surface area contributed by atoms with Crippen molar-refractivity contribution in [3.8, 4) is 11.5 Å². The Balaban J connectivity index is 3.37. The first kappa shape index (κ1) is 13.2. The van der Waals surface area contributed by atoms with E-state index in [0.717, 1.165) is 27.5 Å². The van der Waals surface area contributed by atoms with Crippen LogP contribution in [0.25, 0.3) is 0 Å². The Hall–Kier alpha value is -0.870. The fourth-order valence-corrected chi connectivity index (χ4v) is 2.51. The predicted molar refractivity (Wildman–Crippen MR) is 66.8 cm³/mol. The van der Waals surface area contributed by atoms with Crippen LogP contribution >= 0.6 is 11.8 Å². The van der Waals surface area contributed by atoms with Crippen LogP contribution in [0.3, 0.4) is 0 Å². The van der Waals surface area contributed by atoms with E-state index in [9.17, 15) is 0 Å². The molecule has 16 heavy (non-hydrogen) atoms. The molecule has 0 spiro atoms. The van der Waals surface area contributed by atoms with E-state index in [0.29, 0.717) is 6.61 Å². The van der Waals surface area contributed by atoms with Crippen molar-refractivity contribution < 1.29 is 14.2 Å². The number of hydrogen-bond acceptors (Lipinski definition) is 4. The molecule has 0 saturated carbocycles. The Morgan fingerprint density at radius 3 is 2.31 bits per heavy atom. The van der Waals surface area contributed by atoms with E-state index in [1.165, 1.54) is 0 Å². The van der Waals surface area contributed by atoms with Gasteiger partial charge in [0.25, 0.3) is 0 Å². The minimum Gasteiger partial charge on any atom is -0.496 e. The van der Waals surface area contributed by atoms with Gasteiger partial charge in [-0.15, -0.1) is 11.8 Å². The molecule has 1 rings (SSSR count). The Kier molecular flexibility index (Phi) is 4.96. The lowest BCUT2D eigenvalue weighted by Gasteiger charge is -2.17. The Morgan fingerprint density at radius 2 is 1.88 bits per heavy atom. The first-order chi connectivity index (χ1) is 7.69.